The van der Waals surface area contributed by atoms with Crippen LogP contribution in [0.1, 0.15) is 27.2 Å². The van der Waals surface area contributed by atoms with Crippen molar-refractivity contribution in [3.63, 3.8) is 0 Å². The number of amides is 1. The van der Waals surface area contributed by atoms with Gasteiger partial charge in [-0.1, -0.05) is 13.8 Å². The minimum atomic E-state index is -3.06. The third-order valence-corrected chi connectivity index (χ3v) is 5.55. The molecule has 0 aromatic carbocycles. The van der Waals surface area contributed by atoms with E-state index < -0.39 is 27.6 Å². The van der Waals surface area contributed by atoms with Gasteiger partial charge < -0.3 is 10.0 Å². The standard InChI is InChI=1S/C12H21NO5S/c1-4-13(10-5-6-19(17,18)7-10)11(14)8(2)9(3)12(15)16/h8-10H,4-7H2,1-3H3,(H,15,16). The van der Waals surface area contributed by atoms with Gasteiger partial charge in [-0.15, -0.1) is 0 Å². The minimum absolute atomic E-state index is 0.0131. The van der Waals surface area contributed by atoms with Gasteiger partial charge in [-0.2, -0.15) is 0 Å². The van der Waals surface area contributed by atoms with Crippen molar-refractivity contribution >= 4 is 21.7 Å². The molecule has 1 fully saturated rings. The van der Waals surface area contributed by atoms with Crippen LogP contribution in [0.2, 0.25) is 0 Å². The van der Waals surface area contributed by atoms with Gasteiger partial charge in [-0.3, -0.25) is 9.59 Å². The van der Waals surface area contributed by atoms with Gasteiger partial charge in [-0.25, -0.2) is 8.42 Å². The van der Waals surface area contributed by atoms with E-state index in [0.717, 1.165) is 0 Å². The zero-order chi connectivity index (χ0) is 14.8. The molecule has 0 aromatic rings. The Morgan fingerprint density at radius 2 is 1.89 bits per heavy atom. The normalized spacial score (nSPS) is 24.7. The number of aliphatic carboxylic acids is 1. The molecular formula is C12H21NO5S. The van der Waals surface area contributed by atoms with E-state index in [1.807, 2.05) is 0 Å². The van der Waals surface area contributed by atoms with Crippen LogP contribution in [0.5, 0.6) is 0 Å². The quantitative estimate of drug-likeness (QED) is 0.790. The number of carbonyl (C=O) groups excluding carboxylic acids is 1. The Labute approximate surface area is 113 Å². The molecule has 0 saturated carbocycles. The summed E-state index contributed by atoms with van der Waals surface area (Å²) in [4.78, 5) is 24.7. The van der Waals surface area contributed by atoms with Crippen LogP contribution in [0.25, 0.3) is 0 Å². The summed E-state index contributed by atoms with van der Waals surface area (Å²) in [6.07, 6.45) is 0.441. The van der Waals surface area contributed by atoms with Crippen molar-refractivity contribution in [1.82, 2.24) is 4.90 Å². The average molecular weight is 291 g/mol. The van der Waals surface area contributed by atoms with Crippen molar-refractivity contribution in [2.75, 3.05) is 18.1 Å². The van der Waals surface area contributed by atoms with Crippen LogP contribution in [0.15, 0.2) is 0 Å². The summed E-state index contributed by atoms with van der Waals surface area (Å²) in [5.74, 6) is -2.64. The van der Waals surface area contributed by atoms with Crippen molar-refractivity contribution < 1.29 is 23.1 Å². The predicted octanol–water partition coefficient (Wildman–Crippen LogP) is 0.379. The molecule has 19 heavy (non-hydrogen) atoms. The Kier molecular flexibility index (Phi) is 4.95. The summed E-state index contributed by atoms with van der Waals surface area (Å²) in [6, 6.07) is -0.314. The van der Waals surface area contributed by atoms with E-state index in [2.05, 4.69) is 0 Å². The van der Waals surface area contributed by atoms with Crippen molar-refractivity contribution in [3.8, 4) is 0 Å². The number of carboxylic acids is 1. The molecule has 1 aliphatic heterocycles. The van der Waals surface area contributed by atoms with Gasteiger partial charge >= 0.3 is 5.97 Å². The molecule has 0 bridgehead atoms. The lowest BCUT2D eigenvalue weighted by atomic mass is 9.94. The molecule has 7 heteroatoms. The van der Waals surface area contributed by atoms with Crippen molar-refractivity contribution in [2.24, 2.45) is 11.8 Å². The summed E-state index contributed by atoms with van der Waals surface area (Å²) in [6.45, 7) is 5.24. The maximum absolute atomic E-state index is 12.3. The van der Waals surface area contributed by atoms with Crippen LogP contribution in [-0.2, 0) is 19.4 Å². The van der Waals surface area contributed by atoms with Crippen LogP contribution >= 0.6 is 0 Å². The summed E-state index contributed by atoms with van der Waals surface area (Å²) >= 11 is 0. The first-order valence-corrected chi connectivity index (χ1v) is 8.25. The van der Waals surface area contributed by atoms with Crippen LogP contribution in [0.4, 0.5) is 0 Å². The van der Waals surface area contributed by atoms with E-state index in [4.69, 9.17) is 5.11 Å². The highest BCUT2D eigenvalue weighted by Crippen LogP contribution is 2.22. The fraction of sp³-hybridized carbons (Fsp3) is 0.833. The Hall–Kier alpha value is -1.11. The molecule has 0 spiro atoms. The first-order chi connectivity index (χ1) is 8.69. The lowest BCUT2D eigenvalue weighted by Gasteiger charge is -2.30. The van der Waals surface area contributed by atoms with Crippen LogP contribution in [0, 0.1) is 11.8 Å². The maximum Gasteiger partial charge on any atom is 0.307 e. The molecule has 1 rings (SSSR count). The van der Waals surface area contributed by atoms with Crippen LogP contribution in [0.3, 0.4) is 0 Å². The number of carboxylic acid groups (broad SMARTS) is 1. The third kappa shape index (κ3) is 3.68. The summed E-state index contributed by atoms with van der Waals surface area (Å²) in [7, 11) is -3.06. The summed E-state index contributed by atoms with van der Waals surface area (Å²) in [5.41, 5.74) is 0. The molecule has 3 atom stereocenters. The minimum Gasteiger partial charge on any atom is -0.481 e. The molecule has 1 saturated heterocycles. The van der Waals surface area contributed by atoms with Gasteiger partial charge in [0.05, 0.1) is 17.4 Å². The first-order valence-electron chi connectivity index (χ1n) is 6.43. The molecule has 3 unspecified atom stereocenters. The van der Waals surface area contributed by atoms with Crippen molar-refractivity contribution in [2.45, 2.75) is 33.2 Å². The van der Waals surface area contributed by atoms with E-state index >= 15 is 0 Å². The fourth-order valence-electron chi connectivity index (χ4n) is 2.30. The van der Waals surface area contributed by atoms with E-state index in [0.29, 0.717) is 13.0 Å². The summed E-state index contributed by atoms with van der Waals surface area (Å²) < 4.78 is 22.9. The molecule has 1 N–H and O–H groups in total. The Bertz CT molecular complexity index is 459. The van der Waals surface area contributed by atoms with Crippen LogP contribution in [-0.4, -0.2) is 54.4 Å². The number of nitrogens with zero attached hydrogens (tertiary/aromatic N) is 1. The monoisotopic (exact) mass is 291 g/mol. The Morgan fingerprint density at radius 3 is 2.26 bits per heavy atom. The average Bonchev–Trinajstić information content (AvgIpc) is 2.68. The molecule has 1 heterocycles. The Balaban J connectivity index is 2.80. The van der Waals surface area contributed by atoms with Gasteiger partial charge in [-0.05, 0) is 13.3 Å². The lowest BCUT2D eigenvalue weighted by molar-refractivity contribution is -0.149. The van der Waals surface area contributed by atoms with Gasteiger partial charge in [0, 0.05) is 18.5 Å². The lowest BCUT2D eigenvalue weighted by Crippen LogP contribution is -2.45. The van der Waals surface area contributed by atoms with Crippen molar-refractivity contribution in [1.29, 1.82) is 0 Å². The molecule has 0 aliphatic carbocycles. The number of sulfone groups is 1. The second-order valence-corrected chi connectivity index (χ2v) is 7.33. The summed E-state index contributed by atoms with van der Waals surface area (Å²) in [5, 5.41) is 8.94. The van der Waals surface area contributed by atoms with Crippen LogP contribution < -0.4 is 0 Å². The second kappa shape index (κ2) is 5.90. The van der Waals surface area contributed by atoms with Gasteiger partial charge in [0.25, 0.3) is 0 Å². The largest absolute Gasteiger partial charge is 0.481 e. The third-order valence-electron chi connectivity index (χ3n) is 3.80. The molecule has 6 nitrogen and oxygen atoms in total. The van der Waals surface area contributed by atoms with E-state index in [-0.39, 0.29) is 23.5 Å². The topological polar surface area (TPSA) is 91.8 Å². The van der Waals surface area contributed by atoms with Gasteiger partial charge in [0.1, 0.15) is 0 Å². The smallest absolute Gasteiger partial charge is 0.307 e. The van der Waals surface area contributed by atoms with E-state index in [9.17, 15) is 18.0 Å². The molecule has 1 amide bonds. The highest BCUT2D eigenvalue weighted by molar-refractivity contribution is 7.91. The zero-order valence-electron chi connectivity index (χ0n) is 11.5. The number of hydrogen-bond acceptors (Lipinski definition) is 4. The predicted molar refractivity (Wildman–Crippen MR) is 70.4 cm³/mol. The molecule has 1 aliphatic rings. The number of rotatable bonds is 5. The first kappa shape index (κ1) is 15.9. The second-order valence-electron chi connectivity index (χ2n) is 5.10. The Morgan fingerprint density at radius 1 is 1.32 bits per heavy atom. The molecular weight excluding hydrogens is 270 g/mol. The number of carbonyl (C=O) groups is 2. The highest BCUT2D eigenvalue weighted by atomic mass is 32.2. The van der Waals surface area contributed by atoms with Gasteiger partial charge in [0.15, 0.2) is 9.84 Å². The fourth-order valence-corrected chi connectivity index (χ4v) is 4.04. The maximum atomic E-state index is 12.3. The van der Waals surface area contributed by atoms with Gasteiger partial charge in [0.2, 0.25) is 5.91 Å². The highest BCUT2D eigenvalue weighted by Gasteiger charge is 2.37. The SMILES string of the molecule is CCN(C(=O)C(C)C(C)C(=O)O)C1CCS(=O)(=O)C1. The van der Waals surface area contributed by atoms with E-state index in [1.165, 1.54) is 11.8 Å². The van der Waals surface area contributed by atoms with E-state index in [1.54, 1.807) is 13.8 Å². The molecule has 0 radical (unpaired) electrons. The number of hydrogen-bond donors (Lipinski definition) is 1. The molecule has 110 valence electrons. The molecule has 0 aromatic heterocycles. The van der Waals surface area contributed by atoms with Crippen molar-refractivity contribution in [3.05, 3.63) is 0 Å². The zero-order valence-corrected chi connectivity index (χ0v) is 12.3.